The van der Waals surface area contributed by atoms with Gasteiger partial charge in [0.05, 0.1) is 11.9 Å². The van der Waals surface area contributed by atoms with Gasteiger partial charge >= 0.3 is 6.18 Å². The summed E-state index contributed by atoms with van der Waals surface area (Å²) in [6.07, 6.45) is -3.14. The van der Waals surface area contributed by atoms with Crippen LogP contribution >= 0.6 is 11.3 Å². The summed E-state index contributed by atoms with van der Waals surface area (Å²) in [5, 5.41) is 11.1. The number of nitrogens with one attached hydrogen (secondary N) is 1. The molecular weight excluding hydrogens is 487 g/mol. The van der Waals surface area contributed by atoms with Gasteiger partial charge in [-0.25, -0.2) is 15.1 Å². The van der Waals surface area contributed by atoms with E-state index in [1.807, 2.05) is 61.5 Å². The van der Waals surface area contributed by atoms with Crippen LogP contribution in [0, 0.1) is 6.92 Å². The van der Waals surface area contributed by atoms with Crippen molar-refractivity contribution in [1.82, 2.24) is 20.2 Å². The van der Waals surface area contributed by atoms with E-state index in [0.717, 1.165) is 44.0 Å². The summed E-state index contributed by atoms with van der Waals surface area (Å²) in [6, 6.07) is 21.5. The third kappa shape index (κ3) is 4.89. The van der Waals surface area contributed by atoms with Crippen LogP contribution in [0.4, 0.5) is 13.2 Å². The normalized spacial score (nSPS) is 11.9. The van der Waals surface area contributed by atoms with Gasteiger partial charge in [0.15, 0.2) is 5.69 Å². The van der Waals surface area contributed by atoms with E-state index in [-0.39, 0.29) is 16.5 Å². The Labute approximate surface area is 207 Å². The number of hydrogen-bond acceptors (Lipinski definition) is 5. The molecule has 2 heterocycles. The first kappa shape index (κ1) is 23.4. The molecule has 3 aromatic carbocycles. The lowest BCUT2D eigenvalue weighted by molar-refractivity contribution is -0.141. The Balaban J connectivity index is 1.45. The smallest absolute Gasteiger partial charge is 0.266 e. The first-order valence-corrected chi connectivity index (χ1v) is 11.7. The van der Waals surface area contributed by atoms with Gasteiger partial charge in [-0.15, -0.1) is 11.3 Å². The summed E-state index contributed by atoms with van der Waals surface area (Å²) in [4.78, 5) is 16.8. The minimum Gasteiger partial charge on any atom is -0.266 e. The standard InChI is InChI=1S/C26H18F3N5OS/c1-16-5-4-6-17(11-16)14-30-32-24(35)21-15-36-25(31-21)34-22(13-23(33-34)26(27,28)29)20-10-9-18-7-2-3-8-19(18)12-20/h2-15H,1H3,(H,32,35)/b30-14+. The lowest BCUT2D eigenvalue weighted by Gasteiger charge is -2.06. The molecule has 0 unspecified atom stereocenters. The van der Waals surface area contributed by atoms with Crippen molar-refractivity contribution in [3.8, 4) is 16.4 Å². The third-order valence-electron chi connectivity index (χ3n) is 5.37. The Bertz CT molecular complexity index is 1600. The lowest BCUT2D eigenvalue weighted by atomic mass is 10.0. The molecular formula is C26H18F3N5OS. The number of carbonyl (C=O) groups excluding carboxylic acids is 1. The van der Waals surface area contributed by atoms with E-state index in [2.05, 4.69) is 20.6 Å². The molecule has 6 nitrogen and oxygen atoms in total. The zero-order valence-corrected chi connectivity index (χ0v) is 19.6. The SMILES string of the molecule is Cc1cccc(/C=N/NC(=O)c2csc(-n3nc(C(F)(F)F)cc3-c3ccc4ccccc4c3)n2)c1. The fraction of sp³-hybridized carbons (Fsp3) is 0.0769. The van der Waals surface area contributed by atoms with Crippen molar-refractivity contribution in [2.45, 2.75) is 13.1 Å². The zero-order valence-electron chi connectivity index (χ0n) is 18.8. The summed E-state index contributed by atoms with van der Waals surface area (Å²) >= 11 is 1.01. The predicted octanol–water partition coefficient (Wildman–Crippen LogP) is 6.24. The van der Waals surface area contributed by atoms with Crippen LogP contribution in [0.25, 0.3) is 27.2 Å². The fourth-order valence-electron chi connectivity index (χ4n) is 3.66. The van der Waals surface area contributed by atoms with E-state index in [0.29, 0.717) is 5.56 Å². The molecule has 10 heteroatoms. The van der Waals surface area contributed by atoms with Crippen molar-refractivity contribution < 1.29 is 18.0 Å². The predicted molar refractivity (Wildman–Crippen MR) is 133 cm³/mol. The van der Waals surface area contributed by atoms with E-state index in [1.165, 1.54) is 11.6 Å². The van der Waals surface area contributed by atoms with Gasteiger partial charge in [0.2, 0.25) is 5.13 Å². The van der Waals surface area contributed by atoms with Crippen LogP contribution in [0.5, 0.6) is 0 Å². The van der Waals surface area contributed by atoms with Crippen LogP contribution in [-0.2, 0) is 6.18 Å². The highest BCUT2D eigenvalue weighted by Crippen LogP contribution is 2.34. The fourth-order valence-corrected chi connectivity index (χ4v) is 4.43. The number of hydrogen-bond donors (Lipinski definition) is 1. The molecule has 0 aliphatic rings. The number of rotatable bonds is 5. The maximum Gasteiger partial charge on any atom is 0.435 e. The Hall–Kier alpha value is -4.31. The van der Waals surface area contributed by atoms with Crippen molar-refractivity contribution in [3.63, 3.8) is 0 Å². The summed E-state index contributed by atoms with van der Waals surface area (Å²) in [6.45, 7) is 1.94. The van der Waals surface area contributed by atoms with Crippen molar-refractivity contribution in [2.75, 3.05) is 0 Å². The molecule has 1 amide bonds. The molecule has 0 saturated heterocycles. The van der Waals surface area contributed by atoms with Crippen LogP contribution in [0.15, 0.2) is 83.3 Å². The topological polar surface area (TPSA) is 72.2 Å². The number of nitrogens with zero attached hydrogens (tertiary/aromatic N) is 4. The van der Waals surface area contributed by atoms with Gasteiger partial charge in [-0.2, -0.15) is 23.4 Å². The van der Waals surface area contributed by atoms with E-state index in [9.17, 15) is 18.0 Å². The number of amides is 1. The average Bonchev–Trinajstić information content (AvgIpc) is 3.51. The quantitative estimate of drug-likeness (QED) is 0.227. The van der Waals surface area contributed by atoms with Gasteiger partial charge in [0.1, 0.15) is 5.69 Å². The second-order valence-electron chi connectivity index (χ2n) is 8.01. The summed E-state index contributed by atoms with van der Waals surface area (Å²) in [7, 11) is 0. The number of fused-ring (bicyclic) bond motifs is 1. The Morgan fingerprint density at radius 2 is 1.83 bits per heavy atom. The van der Waals surface area contributed by atoms with E-state index in [1.54, 1.807) is 12.1 Å². The van der Waals surface area contributed by atoms with Crippen molar-refractivity contribution in [3.05, 3.63) is 101 Å². The maximum absolute atomic E-state index is 13.5. The second kappa shape index (κ2) is 9.38. The first-order valence-electron chi connectivity index (χ1n) is 10.8. The monoisotopic (exact) mass is 505 g/mol. The highest BCUT2D eigenvalue weighted by molar-refractivity contribution is 7.12. The van der Waals surface area contributed by atoms with Crippen LogP contribution in [0.1, 0.15) is 27.3 Å². The van der Waals surface area contributed by atoms with Gasteiger partial charge in [-0.05, 0) is 35.4 Å². The molecule has 0 fully saturated rings. The number of hydrazone groups is 1. The van der Waals surface area contributed by atoms with Gasteiger partial charge in [0.25, 0.3) is 5.91 Å². The molecule has 0 aliphatic carbocycles. The zero-order chi connectivity index (χ0) is 25.3. The molecule has 0 spiro atoms. The number of alkyl halides is 3. The van der Waals surface area contributed by atoms with Crippen LogP contribution < -0.4 is 5.43 Å². The summed E-state index contributed by atoms with van der Waals surface area (Å²) in [5.74, 6) is -0.586. The molecule has 0 bridgehead atoms. The van der Waals surface area contributed by atoms with Gasteiger partial charge < -0.3 is 0 Å². The molecule has 0 aliphatic heterocycles. The number of halogens is 3. The summed E-state index contributed by atoms with van der Waals surface area (Å²) < 4.78 is 41.7. The molecule has 0 saturated carbocycles. The highest BCUT2D eigenvalue weighted by atomic mass is 32.1. The van der Waals surface area contributed by atoms with Gasteiger partial charge in [-0.3, -0.25) is 4.79 Å². The van der Waals surface area contributed by atoms with Crippen LogP contribution in [0.2, 0.25) is 0 Å². The number of benzene rings is 3. The first-order chi connectivity index (χ1) is 17.3. The molecule has 2 aromatic heterocycles. The van der Waals surface area contributed by atoms with Crippen molar-refractivity contribution in [1.29, 1.82) is 0 Å². The van der Waals surface area contributed by atoms with Crippen molar-refractivity contribution >= 4 is 34.2 Å². The highest BCUT2D eigenvalue weighted by Gasteiger charge is 2.35. The number of aromatic nitrogens is 3. The molecule has 0 radical (unpaired) electrons. The van der Waals surface area contributed by atoms with Gasteiger partial charge in [-0.1, -0.05) is 66.2 Å². The third-order valence-corrected chi connectivity index (χ3v) is 6.19. The Morgan fingerprint density at radius 1 is 1.03 bits per heavy atom. The molecule has 180 valence electrons. The van der Waals surface area contributed by atoms with E-state index >= 15 is 0 Å². The lowest BCUT2D eigenvalue weighted by Crippen LogP contribution is -2.18. The average molecular weight is 506 g/mol. The van der Waals surface area contributed by atoms with Crippen molar-refractivity contribution in [2.24, 2.45) is 5.10 Å². The number of thiazole rings is 1. The van der Waals surface area contributed by atoms with Crippen LogP contribution in [0.3, 0.4) is 0 Å². The maximum atomic E-state index is 13.5. The molecule has 0 atom stereocenters. The minimum atomic E-state index is -4.64. The molecule has 5 aromatic rings. The van der Waals surface area contributed by atoms with E-state index in [4.69, 9.17) is 0 Å². The second-order valence-corrected chi connectivity index (χ2v) is 8.85. The Kier molecular flexibility index (Phi) is 6.11. The molecule has 5 rings (SSSR count). The number of aryl methyl sites for hydroxylation is 1. The molecule has 36 heavy (non-hydrogen) atoms. The molecule has 1 N–H and O–H groups in total. The van der Waals surface area contributed by atoms with E-state index < -0.39 is 17.8 Å². The minimum absolute atomic E-state index is 0.0184. The van der Waals surface area contributed by atoms with Gasteiger partial charge in [0, 0.05) is 10.9 Å². The Morgan fingerprint density at radius 3 is 2.61 bits per heavy atom. The summed E-state index contributed by atoms with van der Waals surface area (Å²) in [5.41, 5.74) is 3.98. The van der Waals surface area contributed by atoms with Crippen LogP contribution in [-0.4, -0.2) is 26.9 Å². The number of carbonyl (C=O) groups is 1. The largest absolute Gasteiger partial charge is 0.435 e.